The van der Waals surface area contributed by atoms with Gasteiger partial charge in [-0.2, -0.15) is 11.8 Å². The third kappa shape index (κ3) is 5.13. The van der Waals surface area contributed by atoms with Crippen LogP contribution < -0.4 is 5.32 Å². The first-order chi connectivity index (χ1) is 10.2. The van der Waals surface area contributed by atoms with Crippen LogP contribution in [0.1, 0.15) is 30.7 Å². The predicted molar refractivity (Wildman–Crippen MR) is 96.2 cm³/mol. The molecule has 2 aromatic rings. The van der Waals surface area contributed by atoms with Gasteiger partial charge in [-0.1, -0.05) is 51.1 Å². The predicted octanol–water partition coefficient (Wildman–Crippen LogP) is 4.60. The zero-order valence-electron chi connectivity index (χ0n) is 13.1. The van der Waals surface area contributed by atoms with E-state index in [-0.39, 0.29) is 0 Å². The Morgan fingerprint density at radius 2 is 2.00 bits per heavy atom. The molecule has 0 aliphatic heterocycles. The van der Waals surface area contributed by atoms with Crippen LogP contribution in [0.3, 0.4) is 0 Å². The summed E-state index contributed by atoms with van der Waals surface area (Å²) in [5.41, 5.74) is 2.42. The summed E-state index contributed by atoms with van der Waals surface area (Å²) in [6.45, 7) is 8.67. The number of hydrogen-bond donors (Lipinski definition) is 1. The molecule has 0 unspecified atom stereocenters. The maximum absolute atomic E-state index is 4.90. The summed E-state index contributed by atoms with van der Waals surface area (Å²) in [5, 5.41) is 5.31. The smallest absolute Gasteiger partial charge is 0.103 e. The Morgan fingerprint density at radius 1 is 1.24 bits per heavy atom. The van der Waals surface area contributed by atoms with E-state index < -0.39 is 0 Å². The van der Waals surface area contributed by atoms with Crippen LogP contribution in [-0.2, 0) is 12.2 Å². The zero-order valence-corrected chi connectivity index (χ0v) is 14.7. The molecule has 114 valence electrons. The van der Waals surface area contributed by atoms with Crippen LogP contribution in [-0.4, -0.2) is 23.3 Å². The molecule has 2 nitrogen and oxygen atoms in total. The second kappa shape index (κ2) is 8.57. The lowest BCUT2D eigenvalue weighted by Crippen LogP contribution is -2.15. The molecule has 0 amide bonds. The Bertz CT molecular complexity index is 535. The molecule has 0 aliphatic carbocycles. The minimum atomic E-state index is 0.652. The van der Waals surface area contributed by atoms with Crippen molar-refractivity contribution in [2.24, 2.45) is 0 Å². The van der Waals surface area contributed by atoms with E-state index in [2.05, 4.69) is 56.4 Å². The molecular weight excluding hydrogens is 296 g/mol. The van der Waals surface area contributed by atoms with Crippen LogP contribution in [0, 0.1) is 0 Å². The van der Waals surface area contributed by atoms with Crippen molar-refractivity contribution < 1.29 is 0 Å². The molecule has 1 N–H and O–H groups in total. The molecule has 0 saturated carbocycles. The van der Waals surface area contributed by atoms with Crippen molar-refractivity contribution in [1.82, 2.24) is 10.3 Å². The fourth-order valence-corrected chi connectivity index (χ4v) is 3.94. The van der Waals surface area contributed by atoms with E-state index in [0.29, 0.717) is 5.25 Å². The lowest BCUT2D eigenvalue weighted by Gasteiger charge is -2.03. The first kappa shape index (κ1) is 16.5. The summed E-state index contributed by atoms with van der Waals surface area (Å²) in [4.78, 5) is 6.31. The minimum Gasteiger partial charge on any atom is -0.317 e. The largest absolute Gasteiger partial charge is 0.317 e. The van der Waals surface area contributed by atoms with Gasteiger partial charge in [-0.3, -0.25) is 0 Å². The van der Waals surface area contributed by atoms with E-state index in [4.69, 9.17) is 4.98 Å². The number of aromatic nitrogens is 1. The maximum atomic E-state index is 4.90. The van der Waals surface area contributed by atoms with Crippen molar-refractivity contribution in [3.05, 3.63) is 40.2 Å². The van der Waals surface area contributed by atoms with Crippen molar-refractivity contribution in [2.75, 3.05) is 13.1 Å². The molecule has 21 heavy (non-hydrogen) atoms. The molecule has 0 aliphatic rings. The summed E-state index contributed by atoms with van der Waals surface area (Å²) >= 11 is 3.84. The zero-order chi connectivity index (χ0) is 15.1. The van der Waals surface area contributed by atoms with Gasteiger partial charge in [-0.05, 0) is 18.2 Å². The highest BCUT2D eigenvalue weighted by atomic mass is 32.2. The Labute approximate surface area is 136 Å². The summed E-state index contributed by atoms with van der Waals surface area (Å²) in [7, 11) is 0. The molecule has 0 saturated heterocycles. The van der Waals surface area contributed by atoms with Crippen molar-refractivity contribution in [1.29, 1.82) is 0 Å². The summed E-state index contributed by atoms with van der Waals surface area (Å²) < 4.78 is 0. The molecule has 0 radical (unpaired) electrons. The first-order valence-electron chi connectivity index (χ1n) is 7.57. The topological polar surface area (TPSA) is 24.9 Å². The van der Waals surface area contributed by atoms with E-state index >= 15 is 0 Å². The minimum absolute atomic E-state index is 0.652. The van der Waals surface area contributed by atoms with Gasteiger partial charge in [-0.25, -0.2) is 4.98 Å². The SMILES string of the molecule is CCNCCc1sc(CSC(C)C)nc1-c1ccccc1. The van der Waals surface area contributed by atoms with Gasteiger partial charge in [0.25, 0.3) is 0 Å². The second-order valence-corrected chi connectivity index (χ2v) is 7.94. The Balaban J connectivity index is 2.19. The van der Waals surface area contributed by atoms with Gasteiger partial charge in [0.15, 0.2) is 0 Å². The Kier molecular flexibility index (Phi) is 6.74. The monoisotopic (exact) mass is 320 g/mol. The van der Waals surface area contributed by atoms with Gasteiger partial charge in [0.2, 0.25) is 0 Å². The molecular formula is C17H24N2S2. The third-order valence-electron chi connectivity index (χ3n) is 3.11. The van der Waals surface area contributed by atoms with Crippen LogP contribution in [0.2, 0.25) is 0 Å². The van der Waals surface area contributed by atoms with Crippen molar-refractivity contribution >= 4 is 23.1 Å². The van der Waals surface area contributed by atoms with Crippen LogP contribution >= 0.6 is 23.1 Å². The summed E-state index contributed by atoms with van der Waals surface area (Å²) in [5.74, 6) is 1.02. The van der Waals surface area contributed by atoms with Gasteiger partial charge >= 0.3 is 0 Å². The molecule has 1 aromatic heterocycles. The Morgan fingerprint density at radius 3 is 2.67 bits per heavy atom. The normalized spacial score (nSPS) is 11.2. The summed E-state index contributed by atoms with van der Waals surface area (Å²) in [6, 6.07) is 10.6. The highest BCUT2D eigenvalue weighted by Gasteiger charge is 2.13. The molecule has 1 heterocycles. The van der Waals surface area contributed by atoms with Gasteiger partial charge in [0.05, 0.1) is 5.69 Å². The average Bonchev–Trinajstić information content (AvgIpc) is 2.90. The number of rotatable bonds is 8. The number of hydrogen-bond acceptors (Lipinski definition) is 4. The van der Waals surface area contributed by atoms with Gasteiger partial charge in [0, 0.05) is 22.7 Å². The number of benzene rings is 1. The van der Waals surface area contributed by atoms with E-state index in [0.717, 1.165) is 25.3 Å². The molecule has 0 atom stereocenters. The molecule has 0 fully saturated rings. The van der Waals surface area contributed by atoms with Crippen LogP contribution in [0.15, 0.2) is 30.3 Å². The van der Waals surface area contributed by atoms with Crippen molar-refractivity contribution in [3.8, 4) is 11.3 Å². The molecule has 1 aromatic carbocycles. The molecule has 0 bridgehead atoms. The molecule has 2 rings (SSSR count). The van der Waals surface area contributed by atoms with Gasteiger partial charge in [0.1, 0.15) is 5.01 Å². The van der Waals surface area contributed by atoms with Gasteiger partial charge in [-0.15, -0.1) is 11.3 Å². The fraction of sp³-hybridized carbons (Fsp3) is 0.471. The quantitative estimate of drug-likeness (QED) is 0.719. The highest BCUT2D eigenvalue weighted by molar-refractivity contribution is 7.99. The van der Waals surface area contributed by atoms with Crippen LogP contribution in [0.25, 0.3) is 11.3 Å². The lowest BCUT2D eigenvalue weighted by molar-refractivity contribution is 0.721. The lowest BCUT2D eigenvalue weighted by atomic mass is 10.1. The standard InChI is InChI=1S/C17H24N2S2/c1-4-18-11-10-15-17(14-8-6-5-7-9-14)19-16(21-15)12-20-13(2)3/h5-9,13,18H,4,10-12H2,1-3H3. The van der Waals surface area contributed by atoms with Crippen LogP contribution in [0.5, 0.6) is 0 Å². The van der Waals surface area contributed by atoms with Crippen LogP contribution in [0.4, 0.5) is 0 Å². The second-order valence-electron chi connectivity index (χ2n) is 5.21. The van der Waals surface area contributed by atoms with E-state index in [9.17, 15) is 0 Å². The summed E-state index contributed by atoms with van der Waals surface area (Å²) in [6.07, 6.45) is 1.06. The maximum Gasteiger partial charge on any atom is 0.103 e. The molecule has 0 spiro atoms. The van der Waals surface area contributed by atoms with Gasteiger partial charge < -0.3 is 5.32 Å². The van der Waals surface area contributed by atoms with Crippen molar-refractivity contribution in [2.45, 2.75) is 38.2 Å². The number of thioether (sulfide) groups is 1. The first-order valence-corrected chi connectivity index (χ1v) is 9.43. The van der Waals surface area contributed by atoms with E-state index in [1.54, 1.807) is 0 Å². The number of thiazole rings is 1. The van der Waals surface area contributed by atoms with Crippen molar-refractivity contribution in [3.63, 3.8) is 0 Å². The third-order valence-corrected chi connectivity index (χ3v) is 5.51. The van der Waals surface area contributed by atoms with E-state index in [1.807, 2.05) is 23.1 Å². The number of likely N-dealkylation sites (N-methyl/N-ethyl adjacent to an activating group) is 1. The number of nitrogens with one attached hydrogen (secondary N) is 1. The molecule has 4 heteroatoms. The number of nitrogens with zero attached hydrogens (tertiary/aromatic N) is 1. The van der Waals surface area contributed by atoms with E-state index in [1.165, 1.54) is 21.1 Å². The Hall–Kier alpha value is -0.840. The highest BCUT2D eigenvalue weighted by Crippen LogP contribution is 2.31. The fourth-order valence-electron chi connectivity index (χ4n) is 2.07. The average molecular weight is 321 g/mol.